The fourth-order valence-electron chi connectivity index (χ4n) is 3.27. The summed E-state index contributed by atoms with van der Waals surface area (Å²) in [6, 6.07) is 8.08. The van der Waals surface area contributed by atoms with Crippen LogP contribution in [0.4, 0.5) is 15.8 Å². The van der Waals surface area contributed by atoms with Crippen LogP contribution in [0.1, 0.15) is 25.0 Å². The lowest BCUT2D eigenvalue weighted by atomic mass is 10.1. The molecule has 0 heterocycles. The van der Waals surface area contributed by atoms with E-state index < -0.39 is 45.2 Å². The van der Waals surface area contributed by atoms with Crippen LogP contribution in [0.2, 0.25) is 0 Å². The van der Waals surface area contributed by atoms with Gasteiger partial charge >= 0.3 is 0 Å². The van der Waals surface area contributed by atoms with E-state index in [0.717, 1.165) is 16.6 Å². The quantitative estimate of drug-likeness (QED) is 0.399. The molecule has 0 aliphatic rings. The fourth-order valence-corrected chi connectivity index (χ4v) is 4.16. The molecule has 2 aromatic carbocycles. The van der Waals surface area contributed by atoms with E-state index >= 15 is 0 Å². The van der Waals surface area contributed by atoms with Crippen molar-refractivity contribution in [3.8, 4) is 0 Å². The summed E-state index contributed by atoms with van der Waals surface area (Å²) in [5.41, 5.74) is 0.590. The van der Waals surface area contributed by atoms with Gasteiger partial charge in [-0.1, -0.05) is 18.2 Å². The normalized spacial score (nSPS) is 12.0. The number of aryl methyl sites for hydroxylation is 1. The minimum Gasteiger partial charge on any atom is -0.355 e. The number of nitro benzene ring substituents is 1. The van der Waals surface area contributed by atoms with Gasteiger partial charge in [-0.15, -0.1) is 0 Å². The summed E-state index contributed by atoms with van der Waals surface area (Å²) in [6.07, 6.45) is 0.885. The highest BCUT2D eigenvalue weighted by atomic mass is 32.2. The molecule has 0 aromatic heterocycles. The summed E-state index contributed by atoms with van der Waals surface area (Å²) < 4.78 is 39.3. The molecule has 0 bridgehead atoms. The minimum atomic E-state index is -4.03. The van der Waals surface area contributed by atoms with Gasteiger partial charge in [0, 0.05) is 25.2 Å². The van der Waals surface area contributed by atoms with Crippen molar-refractivity contribution in [2.24, 2.45) is 0 Å². The SMILES string of the molecule is CCNC(=O)[C@@H](C)N(Cc1ccc(F)cc1)C(=O)CN(c1cc([N+](=O)[O-])ccc1C)S(C)(=O)=O. The summed E-state index contributed by atoms with van der Waals surface area (Å²) in [7, 11) is -4.03. The lowest BCUT2D eigenvalue weighted by Gasteiger charge is -2.31. The van der Waals surface area contributed by atoms with Crippen molar-refractivity contribution >= 4 is 33.2 Å². The Labute approximate surface area is 197 Å². The summed E-state index contributed by atoms with van der Waals surface area (Å²) in [5.74, 6) is -1.63. The average molecular weight is 495 g/mol. The van der Waals surface area contributed by atoms with Crippen molar-refractivity contribution in [1.82, 2.24) is 10.2 Å². The van der Waals surface area contributed by atoms with Crippen LogP contribution < -0.4 is 9.62 Å². The Morgan fingerprint density at radius 1 is 1.18 bits per heavy atom. The zero-order valence-electron chi connectivity index (χ0n) is 19.3. The Morgan fingerprint density at radius 2 is 1.79 bits per heavy atom. The van der Waals surface area contributed by atoms with E-state index in [1.807, 2.05) is 0 Å². The number of halogens is 1. The second kappa shape index (κ2) is 11.1. The molecule has 2 amide bonds. The van der Waals surface area contributed by atoms with Gasteiger partial charge < -0.3 is 10.2 Å². The van der Waals surface area contributed by atoms with E-state index in [1.165, 1.54) is 48.2 Å². The molecular weight excluding hydrogens is 467 g/mol. The van der Waals surface area contributed by atoms with Gasteiger partial charge in [-0.25, -0.2) is 12.8 Å². The van der Waals surface area contributed by atoms with Gasteiger partial charge in [-0.2, -0.15) is 0 Å². The van der Waals surface area contributed by atoms with Gasteiger partial charge in [0.15, 0.2) is 0 Å². The number of anilines is 1. The Hall–Kier alpha value is -3.54. The molecule has 2 rings (SSSR count). The van der Waals surface area contributed by atoms with Gasteiger partial charge in [0.2, 0.25) is 21.8 Å². The van der Waals surface area contributed by atoms with E-state index in [0.29, 0.717) is 17.7 Å². The molecule has 1 N–H and O–H groups in total. The number of nitro groups is 1. The van der Waals surface area contributed by atoms with E-state index in [9.17, 15) is 32.5 Å². The highest BCUT2D eigenvalue weighted by molar-refractivity contribution is 7.92. The first-order valence-electron chi connectivity index (χ1n) is 10.4. The van der Waals surface area contributed by atoms with Crippen molar-refractivity contribution in [3.05, 3.63) is 69.5 Å². The van der Waals surface area contributed by atoms with E-state index in [2.05, 4.69) is 5.32 Å². The monoisotopic (exact) mass is 494 g/mol. The predicted molar refractivity (Wildman–Crippen MR) is 125 cm³/mol. The molecule has 184 valence electrons. The Bertz CT molecular complexity index is 1170. The molecule has 0 fully saturated rings. The van der Waals surface area contributed by atoms with Crippen LogP contribution in [-0.4, -0.2) is 55.4 Å². The molecule has 0 aliphatic heterocycles. The highest BCUT2D eigenvalue weighted by Crippen LogP contribution is 2.28. The summed E-state index contributed by atoms with van der Waals surface area (Å²) in [4.78, 5) is 37.6. The van der Waals surface area contributed by atoms with Crippen LogP contribution in [0.25, 0.3) is 0 Å². The second-order valence-corrected chi connectivity index (χ2v) is 9.62. The van der Waals surface area contributed by atoms with Gasteiger partial charge in [0.25, 0.3) is 5.69 Å². The number of non-ortho nitro benzene ring substituents is 1. The number of rotatable bonds is 10. The fraction of sp³-hybridized carbons (Fsp3) is 0.364. The number of nitrogens with one attached hydrogen (secondary N) is 1. The van der Waals surface area contributed by atoms with Crippen LogP contribution in [0.15, 0.2) is 42.5 Å². The van der Waals surface area contributed by atoms with Gasteiger partial charge in [-0.05, 0) is 44.0 Å². The van der Waals surface area contributed by atoms with Crippen LogP contribution in [0.5, 0.6) is 0 Å². The molecule has 34 heavy (non-hydrogen) atoms. The molecule has 10 nitrogen and oxygen atoms in total. The standard InChI is InChI=1S/C22H27FN4O6S/c1-5-24-22(29)16(3)25(13-17-7-9-18(23)10-8-17)21(28)14-26(34(4,32)33)20-12-19(27(30)31)11-6-15(20)2/h6-12,16H,5,13-14H2,1-4H3,(H,24,29)/t16-/m1/s1. The Kier molecular flexibility index (Phi) is 8.68. The maximum atomic E-state index is 13.4. The molecular formula is C22H27FN4O6S. The first-order chi connectivity index (χ1) is 15.8. The van der Waals surface area contributed by atoms with Crippen LogP contribution in [-0.2, 0) is 26.2 Å². The largest absolute Gasteiger partial charge is 0.355 e. The van der Waals surface area contributed by atoms with Gasteiger partial charge in [0.05, 0.1) is 16.9 Å². The molecule has 12 heteroatoms. The summed E-state index contributed by atoms with van der Waals surface area (Å²) in [6.45, 7) is 4.33. The van der Waals surface area contributed by atoms with Crippen molar-refractivity contribution in [2.75, 3.05) is 23.7 Å². The smallest absolute Gasteiger partial charge is 0.271 e. The molecule has 2 aromatic rings. The summed E-state index contributed by atoms with van der Waals surface area (Å²) >= 11 is 0. The lowest BCUT2D eigenvalue weighted by Crippen LogP contribution is -2.51. The van der Waals surface area contributed by atoms with E-state index in [1.54, 1.807) is 13.8 Å². The highest BCUT2D eigenvalue weighted by Gasteiger charge is 2.31. The van der Waals surface area contributed by atoms with Crippen molar-refractivity contribution in [2.45, 2.75) is 33.4 Å². The number of carbonyl (C=O) groups excluding carboxylic acids is 2. The van der Waals surface area contributed by atoms with Crippen molar-refractivity contribution in [1.29, 1.82) is 0 Å². The number of benzene rings is 2. The Balaban J connectivity index is 2.46. The second-order valence-electron chi connectivity index (χ2n) is 7.72. The molecule has 0 saturated carbocycles. The zero-order chi connectivity index (χ0) is 25.6. The minimum absolute atomic E-state index is 0.0163. The number of hydrogen-bond donors (Lipinski definition) is 1. The van der Waals surface area contributed by atoms with Crippen LogP contribution in [0.3, 0.4) is 0 Å². The molecule has 0 aliphatic carbocycles. The van der Waals surface area contributed by atoms with E-state index in [-0.39, 0.29) is 17.9 Å². The molecule has 0 saturated heterocycles. The van der Waals surface area contributed by atoms with Gasteiger partial charge in [-0.3, -0.25) is 24.0 Å². The number of carbonyl (C=O) groups is 2. The van der Waals surface area contributed by atoms with Crippen molar-refractivity contribution < 1.29 is 27.3 Å². The molecule has 0 spiro atoms. The maximum absolute atomic E-state index is 13.4. The topological polar surface area (TPSA) is 130 Å². The zero-order valence-corrected chi connectivity index (χ0v) is 20.1. The van der Waals surface area contributed by atoms with Crippen LogP contribution in [0, 0.1) is 22.9 Å². The van der Waals surface area contributed by atoms with Crippen LogP contribution >= 0.6 is 0 Å². The number of amides is 2. The number of hydrogen-bond acceptors (Lipinski definition) is 6. The first kappa shape index (κ1) is 26.7. The number of nitrogens with zero attached hydrogens (tertiary/aromatic N) is 3. The first-order valence-corrected chi connectivity index (χ1v) is 12.2. The summed E-state index contributed by atoms with van der Waals surface area (Å²) in [5, 5.41) is 13.8. The van der Waals surface area contributed by atoms with Gasteiger partial charge in [0.1, 0.15) is 18.4 Å². The number of likely N-dealkylation sites (N-methyl/N-ethyl adjacent to an activating group) is 1. The van der Waals surface area contributed by atoms with E-state index in [4.69, 9.17) is 0 Å². The third-order valence-corrected chi connectivity index (χ3v) is 6.26. The molecule has 1 atom stereocenters. The lowest BCUT2D eigenvalue weighted by molar-refractivity contribution is -0.384. The molecule has 0 radical (unpaired) electrons. The number of sulfonamides is 1. The maximum Gasteiger partial charge on any atom is 0.271 e. The average Bonchev–Trinajstić information content (AvgIpc) is 2.76. The third kappa shape index (κ3) is 6.73. The predicted octanol–water partition coefficient (Wildman–Crippen LogP) is 2.36. The third-order valence-electron chi connectivity index (χ3n) is 5.14. The Morgan fingerprint density at radius 3 is 2.32 bits per heavy atom. The van der Waals surface area contributed by atoms with Crippen molar-refractivity contribution in [3.63, 3.8) is 0 Å². The molecule has 0 unspecified atom stereocenters.